The zero-order chi connectivity index (χ0) is 13.8. The molecule has 0 N–H and O–H groups in total. The first kappa shape index (κ1) is 14.6. The van der Waals surface area contributed by atoms with Gasteiger partial charge in [-0.25, -0.2) is 0 Å². The van der Waals surface area contributed by atoms with E-state index in [1.165, 1.54) is 16.7 Å². The Kier molecular flexibility index (Phi) is 5.06. The first-order valence-electron chi connectivity index (χ1n) is 6.13. The minimum Gasteiger partial charge on any atom is -0.497 e. The van der Waals surface area contributed by atoms with Gasteiger partial charge in [0.05, 0.1) is 7.11 Å². The Morgan fingerprint density at radius 3 is 2.58 bits per heavy atom. The third-order valence-corrected chi connectivity index (χ3v) is 4.43. The molecule has 1 unspecified atom stereocenters. The third-order valence-electron chi connectivity index (χ3n) is 3.12. The zero-order valence-corrected chi connectivity index (χ0v) is 14.2. The fraction of sp³-hybridized carbons (Fsp3) is 0.250. The van der Waals surface area contributed by atoms with Crippen molar-refractivity contribution in [2.24, 2.45) is 0 Å². The molecule has 0 aliphatic rings. The van der Waals surface area contributed by atoms with Crippen molar-refractivity contribution in [3.05, 3.63) is 63.6 Å². The molecule has 0 bridgehead atoms. The summed E-state index contributed by atoms with van der Waals surface area (Å²) in [5.41, 5.74) is 3.86. The topological polar surface area (TPSA) is 9.23 Å². The highest BCUT2D eigenvalue weighted by atomic mass is 79.9. The summed E-state index contributed by atoms with van der Waals surface area (Å²) < 4.78 is 6.36. The minimum atomic E-state index is 0.313. The predicted octanol–water partition coefficient (Wildman–Crippen LogP) is 5.44. The molecule has 0 heterocycles. The van der Waals surface area contributed by atoms with Gasteiger partial charge in [-0.05, 0) is 54.3 Å². The van der Waals surface area contributed by atoms with Crippen molar-refractivity contribution in [2.75, 3.05) is 7.11 Å². The summed E-state index contributed by atoms with van der Waals surface area (Å²) in [6.45, 7) is 2.12. The van der Waals surface area contributed by atoms with E-state index in [9.17, 15) is 0 Å². The lowest BCUT2D eigenvalue weighted by atomic mass is 10.0. The van der Waals surface area contributed by atoms with Crippen LogP contribution in [0.1, 0.15) is 21.5 Å². The molecule has 0 fully saturated rings. The number of ether oxygens (including phenoxy) is 1. The monoisotopic (exact) mass is 382 g/mol. The number of methoxy groups -OCH3 is 1. The van der Waals surface area contributed by atoms with E-state index >= 15 is 0 Å². The molecule has 19 heavy (non-hydrogen) atoms. The number of halogens is 2. The molecule has 0 amide bonds. The Bertz CT molecular complexity index is 566. The molecule has 0 aliphatic carbocycles. The number of hydrogen-bond acceptors (Lipinski definition) is 1. The van der Waals surface area contributed by atoms with E-state index in [-0.39, 0.29) is 0 Å². The lowest BCUT2D eigenvalue weighted by Crippen LogP contribution is -1.98. The molecule has 0 aliphatic heterocycles. The second-order valence-corrected chi connectivity index (χ2v) is 6.55. The van der Waals surface area contributed by atoms with Crippen LogP contribution < -0.4 is 4.74 Å². The predicted molar refractivity (Wildman–Crippen MR) is 87.2 cm³/mol. The largest absolute Gasteiger partial charge is 0.497 e. The van der Waals surface area contributed by atoms with Gasteiger partial charge in [-0.15, -0.1) is 0 Å². The quantitative estimate of drug-likeness (QED) is 0.638. The van der Waals surface area contributed by atoms with Crippen molar-refractivity contribution in [1.29, 1.82) is 0 Å². The lowest BCUT2D eigenvalue weighted by molar-refractivity contribution is 0.414. The van der Waals surface area contributed by atoms with Crippen molar-refractivity contribution < 1.29 is 4.74 Å². The molecule has 2 aromatic rings. The van der Waals surface area contributed by atoms with E-state index in [1.807, 2.05) is 12.1 Å². The number of aryl methyl sites for hydroxylation is 1. The molecular weight excluding hydrogens is 368 g/mol. The van der Waals surface area contributed by atoms with Crippen molar-refractivity contribution >= 4 is 31.9 Å². The van der Waals surface area contributed by atoms with Gasteiger partial charge in [0.2, 0.25) is 0 Å². The second kappa shape index (κ2) is 6.58. The second-order valence-electron chi connectivity index (χ2n) is 4.52. The molecule has 0 saturated heterocycles. The molecule has 0 spiro atoms. The molecular formula is C16H16Br2O. The SMILES string of the molecule is COc1ccc(C(Br)Cc2cccc(Br)c2)c(C)c1. The van der Waals surface area contributed by atoms with Crippen molar-refractivity contribution in [3.63, 3.8) is 0 Å². The number of benzene rings is 2. The van der Waals surface area contributed by atoms with Crippen molar-refractivity contribution in [1.82, 2.24) is 0 Å². The summed E-state index contributed by atoms with van der Waals surface area (Å²) in [5, 5.41) is 0. The molecule has 0 radical (unpaired) electrons. The summed E-state index contributed by atoms with van der Waals surface area (Å²) in [5.74, 6) is 0.906. The summed E-state index contributed by atoms with van der Waals surface area (Å²) in [7, 11) is 1.70. The van der Waals surface area contributed by atoms with Gasteiger partial charge in [-0.2, -0.15) is 0 Å². The Labute approximate surface area is 131 Å². The maximum absolute atomic E-state index is 5.24. The van der Waals surface area contributed by atoms with Crippen LogP contribution in [-0.2, 0) is 6.42 Å². The van der Waals surface area contributed by atoms with E-state index in [2.05, 4.69) is 69.1 Å². The molecule has 2 aromatic carbocycles. The number of hydrogen-bond donors (Lipinski definition) is 0. The highest BCUT2D eigenvalue weighted by Gasteiger charge is 2.12. The van der Waals surface area contributed by atoms with E-state index < -0.39 is 0 Å². The van der Waals surface area contributed by atoms with E-state index in [4.69, 9.17) is 4.74 Å². The third kappa shape index (κ3) is 3.83. The summed E-state index contributed by atoms with van der Waals surface area (Å²) in [6.07, 6.45) is 0.965. The van der Waals surface area contributed by atoms with Crippen LogP contribution in [0.5, 0.6) is 5.75 Å². The van der Waals surface area contributed by atoms with Crippen LogP contribution in [0.4, 0.5) is 0 Å². The average molecular weight is 384 g/mol. The molecule has 2 rings (SSSR count). The van der Waals surface area contributed by atoms with E-state index in [1.54, 1.807) is 7.11 Å². The van der Waals surface area contributed by atoms with Crippen molar-refractivity contribution in [3.8, 4) is 5.75 Å². The Morgan fingerprint density at radius 2 is 1.95 bits per heavy atom. The van der Waals surface area contributed by atoms with Gasteiger partial charge in [-0.1, -0.05) is 50.1 Å². The standard InChI is InChI=1S/C16H16Br2O/c1-11-8-14(19-2)6-7-15(11)16(18)10-12-4-3-5-13(17)9-12/h3-9,16H,10H2,1-2H3. The molecule has 3 heteroatoms. The number of rotatable bonds is 4. The van der Waals surface area contributed by atoms with Crippen LogP contribution in [0.25, 0.3) is 0 Å². The van der Waals surface area contributed by atoms with Crippen LogP contribution in [-0.4, -0.2) is 7.11 Å². The summed E-state index contributed by atoms with van der Waals surface area (Å²) in [4.78, 5) is 0.313. The summed E-state index contributed by atoms with van der Waals surface area (Å²) >= 11 is 7.30. The highest BCUT2D eigenvalue weighted by Crippen LogP contribution is 2.31. The fourth-order valence-electron chi connectivity index (χ4n) is 2.11. The van der Waals surface area contributed by atoms with Gasteiger partial charge < -0.3 is 4.74 Å². The normalized spacial score (nSPS) is 12.2. The smallest absolute Gasteiger partial charge is 0.119 e. The molecule has 100 valence electrons. The zero-order valence-electron chi connectivity index (χ0n) is 11.0. The van der Waals surface area contributed by atoms with Crippen LogP contribution in [0.3, 0.4) is 0 Å². The number of alkyl halides is 1. The van der Waals surface area contributed by atoms with E-state index in [0.29, 0.717) is 4.83 Å². The molecule has 0 saturated carbocycles. The maximum atomic E-state index is 5.24. The highest BCUT2D eigenvalue weighted by molar-refractivity contribution is 9.10. The Balaban J connectivity index is 2.18. The van der Waals surface area contributed by atoms with Gasteiger partial charge in [0.25, 0.3) is 0 Å². The maximum Gasteiger partial charge on any atom is 0.119 e. The molecule has 1 nitrogen and oxygen atoms in total. The van der Waals surface area contributed by atoms with Gasteiger partial charge in [0.1, 0.15) is 5.75 Å². The van der Waals surface area contributed by atoms with Crippen LogP contribution >= 0.6 is 31.9 Å². The lowest BCUT2D eigenvalue weighted by Gasteiger charge is -2.14. The first-order valence-corrected chi connectivity index (χ1v) is 7.84. The Morgan fingerprint density at radius 1 is 1.16 bits per heavy atom. The average Bonchev–Trinajstić information content (AvgIpc) is 2.38. The van der Waals surface area contributed by atoms with Crippen LogP contribution in [0.15, 0.2) is 46.9 Å². The molecule has 0 aromatic heterocycles. The Hall–Kier alpha value is -0.800. The van der Waals surface area contributed by atoms with Gasteiger partial charge in [-0.3, -0.25) is 0 Å². The van der Waals surface area contributed by atoms with Crippen LogP contribution in [0, 0.1) is 6.92 Å². The first-order chi connectivity index (χ1) is 9.10. The summed E-state index contributed by atoms with van der Waals surface area (Å²) in [6, 6.07) is 14.6. The van der Waals surface area contributed by atoms with Crippen molar-refractivity contribution in [2.45, 2.75) is 18.2 Å². The van der Waals surface area contributed by atoms with Gasteiger partial charge >= 0.3 is 0 Å². The van der Waals surface area contributed by atoms with Gasteiger partial charge in [0, 0.05) is 9.30 Å². The molecule has 1 atom stereocenters. The van der Waals surface area contributed by atoms with E-state index in [0.717, 1.165) is 16.6 Å². The van der Waals surface area contributed by atoms with Gasteiger partial charge in [0.15, 0.2) is 0 Å². The van der Waals surface area contributed by atoms with Crippen LogP contribution in [0.2, 0.25) is 0 Å². The fourth-order valence-corrected chi connectivity index (χ4v) is 3.44. The minimum absolute atomic E-state index is 0.313.